The number of carboxylic acids is 1. The molecule has 4 fully saturated rings. The van der Waals surface area contributed by atoms with E-state index in [2.05, 4.69) is 18.0 Å². The van der Waals surface area contributed by atoms with Crippen LogP contribution in [-0.2, 0) is 75.8 Å². The highest BCUT2D eigenvalue weighted by atomic mass is 16.7. The normalized spacial score (nSPS) is 24.2. The monoisotopic (exact) mass is 1570 g/mol. The van der Waals surface area contributed by atoms with Gasteiger partial charge < -0.3 is 117 Å². The van der Waals surface area contributed by atoms with Crippen LogP contribution < -0.4 is 39.4 Å². The van der Waals surface area contributed by atoms with Crippen LogP contribution in [0.1, 0.15) is 121 Å². The van der Waals surface area contributed by atoms with Gasteiger partial charge in [-0.25, -0.2) is 30.1 Å². The third kappa shape index (κ3) is 18.6. The SMILES string of the molecule is C=C1C[C@H]2C(O)N(C(=O)OCc3ccc(O[C@@H]4O[C@H](C(=O)O)[C@@H](O)[C@H](O)[C@H]4O)c(C(=O)CCCC)c3)c3cc(OCc4cc(COc5cc6c(cc5OC)C(=O)N5CC(=C)C[C@H]5C(O)N6C(=O)OCc5ccc(O[C@@H]6OC[C@@H](O)[C@H](O)[C@H]6O)c(C(=O)CCCOC)c5)nn4CCOCCOCCON)c(C)cc3C(=O)N2C1. The summed E-state index contributed by atoms with van der Waals surface area (Å²) in [5, 5.41) is 102. The number of carbonyl (C=O) groups is 7. The van der Waals surface area contributed by atoms with Crippen molar-refractivity contribution in [3.05, 3.63) is 141 Å². The van der Waals surface area contributed by atoms with E-state index in [9.17, 15) is 79.5 Å². The van der Waals surface area contributed by atoms with Gasteiger partial charge in [0.25, 0.3) is 11.8 Å². The summed E-state index contributed by atoms with van der Waals surface area (Å²) in [5.74, 6) is 1.44. The molecule has 6 aliphatic rings. The zero-order chi connectivity index (χ0) is 80.4. The summed E-state index contributed by atoms with van der Waals surface area (Å²) in [6, 6.07) is 13.7. The van der Waals surface area contributed by atoms with Crippen molar-refractivity contribution >= 4 is 52.9 Å². The van der Waals surface area contributed by atoms with Gasteiger partial charge in [0.1, 0.15) is 86.0 Å². The van der Waals surface area contributed by atoms with Gasteiger partial charge in [-0.05, 0) is 91.8 Å². The number of aliphatic hydroxyl groups excluding tert-OH is 8. The zero-order valence-corrected chi connectivity index (χ0v) is 62.1. The predicted octanol–water partition coefficient (Wildman–Crippen LogP) is 2.84. The van der Waals surface area contributed by atoms with Crippen molar-refractivity contribution in [2.45, 2.75) is 172 Å². The van der Waals surface area contributed by atoms with E-state index < -0.39 is 135 Å². The van der Waals surface area contributed by atoms with E-state index in [0.717, 1.165) is 9.80 Å². The molecule has 4 amide bonds. The first-order chi connectivity index (χ1) is 53.7. The molecule has 0 radical (unpaired) electrons. The molecule has 13 atom stereocenters. The maximum absolute atomic E-state index is 14.8. The van der Waals surface area contributed by atoms with Gasteiger partial charge in [0, 0.05) is 51.8 Å². The number of nitrogens with two attached hydrogens (primary N) is 1. The highest BCUT2D eigenvalue weighted by molar-refractivity contribution is 6.07. The molecular weight excluding hydrogens is 1470 g/mol. The molecule has 36 nitrogen and oxygen atoms in total. The number of hydrogen-bond acceptors (Lipinski definition) is 30. The third-order valence-electron chi connectivity index (χ3n) is 19.8. The van der Waals surface area contributed by atoms with Gasteiger partial charge in [0.15, 0.2) is 41.6 Å². The minimum Gasteiger partial charge on any atom is -0.493 e. The number of hydrogen-bond donors (Lipinski definition) is 10. The number of anilines is 2. The van der Waals surface area contributed by atoms with E-state index in [1.54, 1.807) is 17.7 Å². The lowest BCUT2D eigenvalue weighted by atomic mass is 9.98. The topological polar surface area (TPSA) is 478 Å². The van der Waals surface area contributed by atoms with E-state index in [4.69, 9.17) is 67.8 Å². The fourth-order valence-electron chi connectivity index (χ4n) is 13.8. The number of amides is 4. The summed E-state index contributed by atoms with van der Waals surface area (Å²) in [7, 11) is 2.82. The van der Waals surface area contributed by atoms with Crippen molar-refractivity contribution in [1.29, 1.82) is 0 Å². The molecule has 11 rings (SSSR count). The zero-order valence-electron chi connectivity index (χ0n) is 62.1. The van der Waals surface area contributed by atoms with Crippen LogP contribution in [-0.4, -0.2) is 260 Å². The number of aromatic nitrogens is 2. The number of ether oxygens (including phenoxy) is 12. The van der Waals surface area contributed by atoms with Gasteiger partial charge in [0.2, 0.25) is 12.6 Å². The van der Waals surface area contributed by atoms with Gasteiger partial charge in [-0.3, -0.25) is 23.9 Å². The summed E-state index contributed by atoms with van der Waals surface area (Å²) >= 11 is 0. The Morgan fingerprint density at radius 2 is 1.14 bits per heavy atom. The van der Waals surface area contributed by atoms with Gasteiger partial charge in [0.05, 0.1) is 105 Å². The number of aliphatic hydroxyl groups is 8. The standard InChI is InChI=1S/C76H93N7O29/c1-7-8-10-54(84)48-26-43(13-15-58(48)111-74-66(91)63(88)64(89)67(112-74)72(96)97)35-107-75(98)82-50-30-59(41(4)25-46(50)68(92)79-32-39(2)23-52(79)70(82)94)105-37-45-28-44(78-81(45)16-18-102-19-20-103-21-22-109-77)36-104-61-31-51-47(29-60(61)101-6)69(93)80-33-40(3)24-53(80)71(95)83(51)76(99)108-34-42-12-14-57(49(27-42)55(85)11-9-17-100-5)110-73-65(90)62(87)56(86)38-106-73/h12-15,25-31,52-53,56,62-67,70-71,73-74,86-91,94-95H,2-3,7-11,16-24,32-38,77H2,1,4-6H3,(H,96,97)/t52-,53-,56+,62-,63-,64-,65+,66+,67-,70?,71?,73-,74+/m0/s1. The van der Waals surface area contributed by atoms with Crippen LogP contribution in [0.25, 0.3) is 0 Å². The Hall–Kier alpha value is -9.74. The number of fused-ring (bicyclic) bond motifs is 4. The average molecular weight is 1570 g/mol. The van der Waals surface area contributed by atoms with Crippen molar-refractivity contribution < 1.29 is 141 Å². The van der Waals surface area contributed by atoms with Crippen LogP contribution in [0, 0.1) is 6.92 Å². The largest absolute Gasteiger partial charge is 0.493 e. The maximum Gasteiger partial charge on any atom is 0.416 e. The van der Waals surface area contributed by atoms with Crippen LogP contribution in [0.5, 0.6) is 28.7 Å². The first kappa shape index (κ1) is 83.2. The quantitative estimate of drug-likeness (QED) is 0.0122. The van der Waals surface area contributed by atoms with Crippen LogP contribution >= 0.6 is 0 Å². The predicted molar refractivity (Wildman–Crippen MR) is 387 cm³/mol. The molecule has 6 aliphatic heterocycles. The second-order valence-electron chi connectivity index (χ2n) is 27.7. The van der Waals surface area contributed by atoms with Crippen molar-refractivity contribution in [3.8, 4) is 28.7 Å². The molecule has 0 bridgehead atoms. The Balaban J connectivity index is 0.853. The first-order valence-corrected chi connectivity index (χ1v) is 36.3. The summed E-state index contributed by atoms with van der Waals surface area (Å²) in [6.45, 7) is 11.1. The molecule has 7 heterocycles. The number of aliphatic carboxylic acids is 1. The summed E-state index contributed by atoms with van der Waals surface area (Å²) in [5.41, 5.74) is 2.51. The molecule has 606 valence electrons. The average Bonchev–Trinajstić information content (AvgIpc) is 1.60. The second kappa shape index (κ2) is 37.3. The Morgan fingerprint density at radius 3 is 1.71 bits per heavy atom. The molecule has 0 saturated carbocycles. The third-order valence-corrected chi connectivity index (χ3v) is 19.8. The number of Topliss-reactive ketones (excluding diaryl/α,β-unsaturated/α-hetero) is 2. The Morgan fingerprint density at radius 1 is 0.598 bits per heavy atom. The number of unbranched alkanes of at least 4 members (excludes halogenated alkanes) is 1. The number of carbonyl (C=O) groups excluding carboxylic acids is 6. The number of methoxy groups -OCH3 is 2. The number of aryl methyl sites for hydroxylation is 1. The first-order valence-electron chi connectivity index (χ1n) is 36.3. The highest BCUT2D eigenvalue weighted by Crippen LogP contribution is 2.44. The summed E-state index contributed by atoms with van der Waals surface area (Å²) < 4.78 is 71.3. The van der Waals surface area contributed by atoms with Crippen LogP contribution in [0.2, 0.25) is 0 Å². The molecule has 0 aliphatic carbocycles. The van der Waals surface area contributed by atoms with E-state index in [1.165, 1.54) is 84.7 Å². The van der Waals surface area contributed by atoms with Crippen LogP contribution in [0.3, 0.4) is 0 Å². The summed E-state index contributed by atoms with van der Waals surface area (Å²) in [6.07, 6.45) is -20.1. The molecule has 2 unspecified atom stereocenters. The van der Waals surface area contributed by atoms with Gasteiger partial charge >= 0.3 is 18.2 Å². The Kier molecular flexibility index (Phi) is 27.7. The van der Waals surface area contributed by atoms with Crippen molar-refractivity contribution in [3.63, 3.8) is 0 Å². The second-order valence-corrected chi connectivity index (χ2v) is 27.7. The van der Waals surface area contributed by atoms with E-state index in [0.29, 0.717) is 47.4 Å². The lowest BCUT2D eigenvalue weighted by Crippen LogP contribution is -2.61. The molecule has 1 aromatic heterocycles. The molecule has 4 saturated heterocycles. The number of carboxylic acid groups (broad SMARTS) is 1. The van der Waals surface area contributed by atoms with E-state index in [-0.39, 0.29) is 178 Å². The van der Waals surface area contributed by atoms with Crippen LogP contribution in [0.15, 0.2) is 91.0 Å². The number of rotatable bonds is 34. The van der Waals surface area contributed by atoms with Crippen LogP contribution in [0.4, 0.5) is 21.0 Å². The molecule has 4 aromatic carbocycles. The molecular formula is C76H93N7O29. The molecule has 0 spiro atoms. The van der Waals surface area contributed by atoms with Crippen molar-refractivity contribution in [1.82, 2.24) is 19.6 Å². The molecule has 36 heteroatoms. The van der Waals surface area contributed by atoms with E-state index >= 15 is 0 Å². The lowest BCUT2D eigenvalue weighted by molar-refractivity contribution is -0.271. The molecule has 112 heavy (non-hydrogen) atoms. The van der Waals surface area contributed by atoms with Gasteiger partial charge in [-0.2, -0.15) is 5.10 Å². The fourth-order valence-corrected chi connectivity index (χ4v) is 13.8. The fraction of sp³-hybridized carbons (Fsp3) is 0.500. The lowest BCUT2D eigenvalue weighted by Gasteiger charge is -2.38. The van der Waals surface area contributed by atoms with E-state index in [1.807, 2.05) is 6.92 Å². The van der Waals surface area contributed by atoms with Gasteiger partial charge in [-0.15, -0.1) is 0 Å². The van der Waals surface area contributed by atoms with Crippen molar-refractivity contribution in [2.75, 3.05) is 83.4 Å². The summed E-state index contributed by atoms with van der Waals surface area (Å²) in [4.78, 5) is 107. The number of benzene rings is 4. The highest BCUT2D eigenvalue weighted by Gasteiger charge is 2.51. The molecule has 11 N–H and O–H groups in total. The number of nitrogens with zero attached hydrogens (tertiary/aromatic N) is 6. The van der Waals surface area contributed by atoms with Crippen molar-refractivity contribution in [2.24, 2.45) is 5.90 Å². The minimum absolute atomic E-state index is 0.00403. The Bertz CT molecular complexity index is 4290. The smallest absolute Gasteiger partial charge is 0.416 e. The number of ketones is 2. The van der Waals surface area contributed by atoms with Gasteiger partial charge in [-0.1, -0.05) is 49.8 Å². The molecule has 5 aromatic rings. The Labute approximate surface area is 642 Å². The maximum atomic E-state index is 14.8. The minimum atomic E-state index is -2.01.